The molecule has 2 bridgehead atoms. The number of fused-ring (bicyclic) bond motifs is 2. The van der Waals surface area contributed by atoms with Crippen LogP contribution in [0.5, 0.6) is 0 Å². The van der Waals surface area contributed by atoms with Crippen LogP contribution in [0, 0.1) is 0 Å². The van der Waals surface area contributed by atoms with Crippen LogP contribution in [0.2, 0.25) is 0 Å². The Kier molecular flexibility index (Phi) is 4.86. The lowest BCUT2D eigenvalue weighted by atomic mass is 10.00. The molecule has 1 amide bonds. The summed E-state index contributed by atoms with van der Waals surface area (Å²) in [5, 5.41) is 6.88. The molecule has 3 unspecified atom stereocenters. The van der Waals surface area contributed by atoms with Crippen LogP contribution >= 0.6 is 11.8 Å². The lowest BCUT2D eigenvalue weighted by Gasteiger charge is -2.30. The van der Waals surface area contributed by atoms with Gasteiger partial charge in [0.1, 0.15) is 0 Å². The fourth-order valence-corrected chi connectivity index (χ4v) is 4.22. The fourth-order valence-electron chi connectivity index (χ4n) is 3.36. The smallest absolute Gasteiger partial charge is 0.233 e. The third-order valence-corrected chi connectivity index (χ3v) is 5.75. The largest absolute Gasteiger partial charge is 0.352 e. The summed E-state index contributed by atoms with van der Waals surface area (Å²) in [6.07, 6.45) is 4.74. The Morgan fingerprint density at radius 2 is 1.95 bits per heavy atom. The number of nitrogens with one attached hydrogen (secondary N) is 2. The highest BCUT2D eigenvalue weighted by molar-refractivity contribution is 7.99. The molecule has 4 heteroatoms. The number of hydrogen-bond donors (Lipinski definition) is 2. The van der Waals surface area contributed by atoms with Gasteiger partial charge in [0, 0.05) is 23.9 Å². The van der Waals surface area contributed by atoms with Crippen LogP contribution in [0.3, 0.4) is 0 Å². The van der Waals surface area contributed by atoms with E-state index in [-0.39, 0.29) is 11.2 Å². The van der Waals surface area contributed by atoms with Gasteiger partial charge in [0.05, 0.1) is 5.25 Å². The quantitative estimate of drug-likeness (QED) is 0.879. The van der Waals surface area contributed by atoms with Gasteiger partial charge in [0.25, 0.3) is 0 Å². The first kappa shape index (κ1) is 14.9. The van der Waals surface area contributed by atoms with Gasteiger partial charge in [-0.25, -0.2) is 0 Å². The van der Waals surface area contributed by atoms with E-state index in [2.05, 4.69) is 22.8 Å². The molecule has 21 heavy (non-hydrogen) atoms. The van der Waals surface area contributed by atoms with E-state index in [1.54, 1.807) is 11.8 Å². The normalized spacial score (nSPS) is 29.1. The van der Waals surface area contributed by atoms with Crippen molar-refractivity contribution in [1.29, 1.82) is 0 Å². The molecule has 1 aromatic carbocycles. The van der Waals surface area contributed by atoms with Gasteiger partial charge < -0.3 is 10.6 Å². The van der Waals surface area contributed by atoms with Gasteiger partial charge in [-0.2, -0.15) is 0 Å². The zero-order chi connectivity index (χ0) is 14.7. The van der Waals surface area contributed by atoms with Crippen molar-refractivity contribution in [3.05, 3.63) is 35.9 Å². The highest BCUT2D eigenvalue weighted by Gasteiger charge is 2.34. The molecule has 2 N–H and O–H groups in total. The summed E-state index contributed by atoms with van der Waals surface area (Å²) in [4.78, 5) is 12.3. The van der Waals surface area contributed by atoms with Gasteiger partial charge in [0.15, 0.2) is 0 Å². The van der Waals surface area contributed by atoms with Crippen LogP contribution in [0.4, 0.5) is 0 Å². The summed E-state index contributed by atoms with van der Waals surface area (Å²) in [5.41, 5.74) is 1.28. The van der Waals surface area contributed by atoms with E-state index in [4.69, 9.17) is 0 Å². The summed E-state index contributed by atoms with van der Waals surface area (Å²) in [6, 6.07) is 12.0. The van der Waals surface area contributed by atoms with Crippen molar-refractivity contribution >= 4 is 17.7 Å². The molecule has 1 aromatic rings. The van der Waals surface area contributed by atoms with Crippen molar-refractivity contribution in [3.63, 3.8) is 0 Å². The number of thioether (sulfide) groups is 1. The SMILES string of the molecule is CC(SCc1ccccc1)C(=O)NC1CC2CCC(C1)N2. The summed E-state index contributed by atoms with van der Waals surface area (Å²) in [7, 11) is 0. The minimum Gasteiger partial charge on any atom is -0.352 e. The summed E-state index contributed by atoms with van der Waals surface area (Å²) < 4.78 is 0. The van der Waals surface area contributed by atoms with E-state index < -0.39 is 0 Å². The summed E-state index contributed by atoms with van der Waals surface area (Å²) in [5.74, 6) is 1.09. The average molecular weight is 304 g/mol. The molecule has 0 aromatic heterocycles. The van der Waals surface area contributed by atoms with Gasteiger partial charge in [-0.1, -0.05) is 30.3 Å². The molecule has 2 aliphatic rings. The second-order valence-electron chi connectivity index (χ2n) is 6.25. The number of carbonyl (C=O) groups excluding carboxylic acids is 1. The maximum Gasteiger partial charge on any atom is 0.233 e. The lowest BCUT2D eigenvalue weighted by Crippen LogP contribution is -2.49. The van der Waals surface area contributed by atoms with Crippen LogP contribution in [0.1, 0.15) is 38.2 Å². The van der Waals surface area contributed by atoms with Crippen molar-refractivity contribution in [3.8, 4) is 0 Å². The molecule has 2 aliphatic heterocycles. The molecule has 3 nitrogen and oxygen atoms in total. The molecule has 2 fully saturated rings. The Morgan fingerprint density at radius 1 is 1.29 bits per heavy atom. The van der Waals surface area contributed by atoms with Crippen molar-refractivity contribution in [2.45, 2.75) is 61.7 Å². The van der Waals surface area contributed by atoms with E-state index in [1.807, 2.05) is 25.1 Å². The van der Waals surface area contributed by atoms with Crippen LogP contribution in [-0.2, 0) is 10.5 Å². The molecule has 3 atom stereocenters. The Morgan fingerprint density at radius 3 is 2.62 bits per heavy atom. The summed E-state index contributed by atoms with van der Waals surface area (Å²) >= 11 is 1.72. The van der Waals surface area contributed by atoms with Crippen LogP contribution in [0.15, 0.2) is 30.3 Å². The maximum atomic E-state index is 12.3. The van der Waals surface area contributed by atoms with E-state index in [9.17, 15) is 4.79 Å². The van der Waals surface area contributed by atoms with E-state index in [0.29, 0.717) is 18.1 Å². The second-order valence-corrected chi connectivity index (χ2v) is 7.58. The van der Waals surface area contributed by atoms with Crippen molar-refractivity contribution in [1.82, 2.24) is 10.6 Å². The molecule has 0 saturated carbocycles. The predicted octanol–water partition coefficient (Wildman–Crippen LogP) is 2.71. The minimum atomic E-state index is 0.0118. The van der Waals surface area contributed by atoms with Gasteiger partial charge in [-0.15, -0.1) is 11.8 Å². The van der Waals surface area contributed by atoms with Crippen LogP contribution < -0.4 is 10.6 Å². The minimum absolute atomic E-state index is 0.0118. The number of rotatable bonds is 5. The molecule has 0 spiro atoms. The topological polar surface area (TPSA) is 41.1 Å². The van der Waals surface area contributed by atoms with E-state index >= 15 is 0 Å². The monoisotopic (exact) mass is 304 g/mol. The average Bonchev–Trinajstić information content (AvgIpc) is 2.84. The molecule has 0 radical (unpaired) electrons. The molecule has 0 aliphatic carbocycles. The summed E-state index contributed by atoms with van der Waals surface area (Å²) in [6.45, 7) is 2.01. The number of piperidine rings is 1. The zero-order valence-corrected chi connectivity index (χ0v) is 13.4. The first-order chi connectivity index (χ1) is 10.2. The zero-order valence-electron chi connectivity index (χ0n) is 12.5. The molecule has 3 rings (SSSR count). The first-order valence-electron chi connectivity index (χ1n) is 7.92. The molecular weight excluding hydrogens is 280 g/mol. The Bertz CT molecular complexity index is 467. The Labute approximate surface area is 131 Å². The Balaban J connectivity index is 1.44. The number of carbonyl (C=O) groups is 1. The van der Waals surface area contributed by atoms with Gasteiger partial charge in [-0.05, 0) is 38.2 Å². The highest BCUT2D eigenvalue weighted by Crippen LogP contribution is 2.27. The lowest BCUT2D eigenvalue weighted by molar-refractivity contribution is -0.121. The van der Waals surface area contributed by atoms with Gasteiger partial charge in [0.2, 0.25) is 5.91 Å². The second kappa shape index (κ2) is 6.84. The first-order valence-corrected chi connectivity index (χ1v) is 8.97. The number of hydrogen-bond acceptors (Lipinski definition) is 3. The van der Waals surface area contributed by atoms with Crippen molar-refractivity contribution in [2.24, 2.45) is 0 Å². The number of amides is 1. The predicted molar refractivity (Wildman–Crippen MR) is 88.3 cm³/mol. The van der Waals surface area contributed by atoms with E-state index in [0.717, 1.165) is 18.6 Å². The van der Waals surface area contributed by atoms with E-state index in [1.165, 1.54) is 18.4 Å². The highest BCUT2D eigenvalue weighted by atomic mass is 32.2. The third-order valence-electron chi connectivity index (χ3n) is 4.53. The maximum absolute atomic E-state index is 12.3. The molecular formula is C17H24N2OS. The fraction of sp³-hybridized carbons (Fsp3) is 0.588. The number of benzene rings is 1. The van der Waals surface area contributed by atoms with Gasteiger partial charge >= 0.3 is 0 Å². The molecule has 114 valence electrons. The van der Waals surface area contributed by atoms with Crippen molar-refractivity contribution in [2.75, 3.05) is 0 Å². The standard InChI is InChI=1S/C17H24N2OS/c1-12(21-11-13-5-3-2-4-6-13)17(20)19-16-9-14-7-8-15(10-16)18-14/h2-6,12,14-16,18H,7-11H2,1H3,(H,19,20). The Hall–Kier alpha value is -1.00. The van der Waals surface area contributed by atoms with Crippen LogP contribution in [-0.4, -0.2) is 29.3 Å². The third kappa shape index (κ3) is 4.01. The molecule has 2 heterocycles. The van der Waals surface area contributed by atoms with Crippen molar-refractivity contribution < 1.29 is 4.79 Å². The van der Waals surface area contributed by atoms with Gasteiger partial charge in [-0.3, -0.25) is 4.79 Å². The van der Waals surface area contributed by atoms with Crippen LogP contribution in [0.25, 0.3) is 0 Å². The molecule has 2 saturated heterocycles.